The minimum absolute atomic E-state index is 0.132. The molecule has 1 aromatic carbocycles. The zero-order valence-corrected chi connectivity index (χ0v) is 11.5. The van der Waals surface area contributed by atoms with Crippen molar-refractivity contribution in [2.45, 2.75) is 38.6 Å². The van der Waals surface area contributed by atoms with Crippen LogP contribution in [0.3, 0.4) is 0 Å². The summed E-state index contributed by atoms with van der Waals surface area (Å²) in [5.41, 5.74) is 5.89. The highest BCUT2D eigenvalue weighted by molar-refractivity contribution is 7.89. The topological polar surface area (TPSA) is 72.2 Å². The van der Waals surface area contributed by atoms with Crippen LogP contribution in [0.4, 0.5) is 5.69 Å². The van der Waals surface area contributed by atoms with Crippen molar-refractivity contribution in [3.8, 4) is 0 Å². The van der Waals surface area contributed by atoms with Gasteiger partial charge < -0.3 is 5.73 Å². The molecule has 0 spiro atoms. The van der Waals surface area contributed by atoms with Crippen LogP contribution in [0, 0.1) is 5.41 Å². The van der Waals surface area contributed by atoms with E-state index in [2.05, 4.69) is 4.72 Å². The molecule has 0 aliphatic heterocycles. The fraction of sp³-hybridized carbons (Fsp3) is 0.500. The molecule has 0 aliphatic rings. The first-order valence-corrected chi connectivity index (χ1v) is 6.99. The Hall–Kier alpha value is -1.07. The molecule has 0 bridgehead atoms. The van der Waals surface area contributed by atoms with Crippen LogP contribution in [0.15, 0.2) is 29.2 Å². The van der Waals surface area contributed by atoms with Gasteiger partial charge >= 0.3 is 0 Å². The standard InChI is InChI=1S/C12H20N2O2S/c1-9(12(2,3)4)14-17(15,16)11-7-5-6-10(13)8-11/h5-9,14H,13H2,1-4H3. The molecule has 0 saturated heterocycles. The number of sulfonamides is 1. The van der Waals surface area contributed by atoms with Crippen LogP contribution in [0.1, 0.15) is 27.7 Å². The van der Waals surface area contributed by atoms with Gasteiger partial charge in [-0.25, -0.2) is 13.1 Å². The molecule has 1 rings (SSSR count). The smallest absolute Gasteiger partial charge is 0.240 e. The third-order valence-electron chi connectivity index (χ3n) is 2.80. The number of nitrogens with one attached hydrogen (secondary N) is 1. The van der Waals surface area contributed by atoms with Gasteiger partial charge in [0.1, 0.15) is 0 Å². The van der Waals surface area contributed by atoms with Crippen molar-refractivity contribution in [1.82, 2.24) is 4.72 Å². The summed E-state index contributed by atoms with van der Waals surface area (Å²) >= 11 is 0. The van der Waals surface area contributed by atoms with Crippen molar-refractivity contribution >= 4 is 15.7 Å². The second kappa shape index (κ2) is 4.66. The number of hydrogen-bond acceptors (Lipinski definition) is 3. The molecule has 0 fully saturated rings. The van der Waals surface area contributed by atoms with Crippen molar-refractivity contribution < 1.29 is 8.42 Å². The fourth-order valence-electron chi connectivity index (χ4n) is 1.16. The first-order chi connectivity index (χ1) is 7.63. The molecule has 0 radical (unpaired) electrons. The molecule has 0 aromatic heterocycles. The molecule has 5 heteroatoms. The van der Waals surface area contributed by atoms with Crippen LogP contribution in [0.2, 0.25) is 0 Å². The molecule has 0 amide bonds. The number of hydrogen-bond donors (Lipinski definition) is 2. The molecule has 3 N–H and O–H groups in total. The average Bonchev–Trinajstić information content (AvgIpc) is 2.15. The lowest BCUT2D eigenvalue weighted by atomic mass is 9.89. The maximum Gasteiger partial charge on any atom is 0.240 e. The van der Waals surface area contributed by atoms with E-state index in [1.165, 1.54) is 12.1 Å². The molecular formula is C12H20N2O2S. The van der Waals surface area contributed by atoms with E-state index in [0.29, 0.717) is 5.69 Å². The van der Waals surface area contributed by atoms with Gasteiger partial charge in [-0.15, -0.1) is 0 Å². The van der Waals surface area contributed by atoms with Crippen LogP contribution >= 0.6 is 0 Å². The summed E-state index contributed by atoms with van der Waals surface area (Å²) in [6.07, 6.45) is 0. The number of benzene rings is 1. The van der Waals surface area contributed by atoms with Gasteiger partial charge in [-0.05, 0) is 30.5 Å². The molecule has 0 saturated carbocycles. The van der Waals surface area contributed by atoms with E-state index in [4.69, 9.17) is 5.73 Å². The summed E-state index contributed by atoms with van der Waals surface area (Å²) in [4.78, 5) is 0.202. The van der Waals surface area contributed by atoms with Gasteiger partial charge in [0.15, 0.2) is 0 Å². The summed E-state index contributed by atoms with van der Waals surface area (Å²) < 4.78 is 26.8. The Morgan fingerprint density at radius 1 is 1.29 bits per heavy atom. The van der Waals surface area contributed by atoms with Gasteiger partial charge in [0.2, 0.25) is 10.0 Å². The predicted molar refractivity (Wildman–Crippen MR) is 70.1 cm³/mol. The quantitative estimate of drug-likeness (QED) is 0.812. The van der Waals surface area contributed by atoms with Crippen LogP contribution in [0.5, 0.6) is 0 Å². The Kier molecular flexibility index (Phi) is 3.84. The molecule has 1 aromatic rings. The van der Waals surface area contributed by atoms with E-state index in [1.54, 1.807) is 12.1 Å². The normalized spacial score (nSPS) is 14.6. The Balaban J connectivity index is 2.98. The fourth-order valence-corrected chi connectivity index (χ4v) is 2.66. The second-order valence-corrected chi connectivity index (χ2v) is 7.00. The summed E-state index contributed by atoms with van der Waals surface area (Å²) in [5.74, 6) is 0. The highest BCUT2D eigenvalue weighted by Gasteiger charge is 2.25. The lowest BCUT2D eigenvalue weighted by Crippen LogP contribution is -2.41. The number of nitrogen functional groups attached to an aromatic ring is 1. The third-order valence-corrected chi connectivity index (χ3v) is 4.34. The molecule has 1 atom stereocenters. The third kappa shape index (κ3) is 3.71. The van der Waals surface area contributed by atoms with Crippen molar-refractivity contribution in [3.63, 3.8) is 0 Å². The van der Waals surface area contributed by atoms with Crippen molar-refractivity contribution in [2.24, 2.45) is 5.41 Å². The highest BCUT2D eigenvalue weighted by atomic mass is 32.2. The maximum atomic E-state index is 12.1. The van der Waals surface area contributed by atoms with E-state index in [9.17, 15) is 8.42 Å². The first-order valence-electron chi connectivity index (χ1n) is 5.51. The van der Waals surface area contributed by atoms with Gasteiger partial charge in [-0.1, -0.05) is 26.8 Å². The van der Waals surface area contributed by atoms with Crippen molar-refractivity contribution in [2.75, 3.05) is 5.73 Å². The van der Waals surface area contributed by atoms with E-state index < -0.39 is 10.0 Å². The van der Waals surface area contributed by atoms with Gasteiger partial charge in [0.05, 0.1) is 4.90 Å². The van der Waals surface area contributed by atoms with Gasteiger partial charge in [-0.3, -0.25) is 0 Å². The average molecular weight is 256 g/mol. The molecule has 0 heterocycles. The van der Waals surface area contributed by atoms with Crippen LogP contribution < -0.4 is 10.5 Å². The van der Waals surface area contributed by atoms with Gasteiger partial charge in [0, 0.05) is 11.7 Å². The Morgan fingerprint density at radius 2 is 1.88 bits per heavy atom. The summed E-state index contributed by atoms with van der Waals surface area (Å²) in [5, 5.41) is 0. The second-order valence-electron chi connectivity index (χ2n) is 5.28. The Bertz CT molecular complexity index is 489. The zero-order chi connectivity index (χ0) is 13.3. The van der Waals surface area contributed by atoms with Gasteiger partial charge in [0.25, 0.3) is 0 Å². The lowest BCUT2D eigenvalue weighted by Gasteiger charge is -2.27. The number of anilines is 1. The monoisotopic (exact) mass is 256 g/mol. The molecule has 1 unspecified atom stereocenters. The maximum absolute atomic E-state index is 12.1. The van der Waals surface area contributed by atoms with Crippen LogP contribution in [0.25, 0.3) is 0 Å². The van der Waals surface area contributed by atoms with E-state index >= 15 is 0 Å². The predicted octanol–water partition coefficient (Wildman–Crippen LogP) is 1.98. The van der Waals surface area contributed by atoms with Crippen LogP contribution in [-0.2, 0) is 10.0 Å². The van der Waals surface area contributed by atoms with E-state index in [-0.39, 0.29) is 16.4 Å². The number of nitrogens with two attached hydrogens (primary N) is 1. The molecular weight excluding hydrogens is 236 g/mol. The largest absolute Gasteiger partial charge is 0.399 e. The van der Waals surface area contributed by atoms with Crippen LogP contribution in [-0.4, -0.2) is 14.5 Å². The summed E-state index contributed by atoms with van der Waals surface area (Å²) in [6, 6.07) is 6.12. The van der Waals surface area contributed by atoms with Crippen molar-refractivity contribution in [1.29, 1.82) is 0 Å². The zero-order valence-electron chi connectivity index (χ0n) is 10.7. The molecule has 4 nitrogen and oxygen atoms in total. The van der Waals surface area contributed by atoms with Gasteiger partial charge in [-0.2, -0.15) is 0 Å². The highest BCUT2D eigenvalue weighted by Crippen LogP contribution is 2.21. The summed E-state index contributed by atoms with van der Waals surface area (Å²) in [7, 11) is -3.50. The van der Waals surface area contributed by atoms with Crippen molar-refractivity contribution in [3.05, 3.63) is 24.3 Å². The van der Waals surface area contributed by atoms with E-state index in [1.807, 2.05) is 27.7 Å². The molecule has 17 heavy (non-hydrogen) atoms. The summed E-state index contributed by atoms with van der Waals surface area (Å²) in [6.45, 7) is 7.81. The first kappa shape index (κ1) is 14.0. The lowest BCUT2D eigenvalue weighted by molar-refractivity contribution is 0.317. The Labute approximate surface area is 103 Å². The molecule has 96 valence electrons. The Morgan fingerprint density at radius 3 is 2.35 bits per heavy atom. The molecule has 0 aliphatic carbocycles. The number of rotatable bonds is 3. The minimum atomic E-state index is -3.50. The minimum Gasteiger partial charge on any atom is -0.399 e. The van der Waals surface area contributed by atoms with E-state index in [0.717, 1.165) is 0 Å². The SMILES string of the molecule is CC(NS(=O)(=O)c1cccc(N)c1)C(C)(C)C.